The molecular formula is C22H26N4O2. The molecule has 2 aromatic rings. The number of carbonyl (C=O) groups is 1. The highest BCUT2D eigenvalue weighted by Crippen LogP contribution is 2.32. The molecule has 1 amide bonds. The molecule has 1 atom stereocenters. The van der Waals surface area contributed by atoms with E-state index in [1.165, 1.54) is 18.4 Å². The van der Waals surface area contributed by atoms with Gasteiger partial charge in [0.1, 0.15) is 5.84 Å². The highest BCUT2D eigenvalue weighted by Gasteiger charge is 2.46. The summed E-state index contributed by atoms with van der Waals surface area (Å²) in [5.41, 5.74) is 2.00. The molecule has 1 aliphatic carbocycles. The van der Waals surface area contributed by atoms with E-state index in [0.29, 0.717) is 24.9 Å². The molecule has 3 aliphatic rings. The van der Waals surface area contributed by atoms with Gasteiger partial charge in [0.15, 0.2) is 5.76 Å². The number of furan rings is 1. The third kappa shape index (κ3) is 3.11. The lowest BCUT2D eigenvalue weighted by Gasteiger charge is -2.31. The number of hydrogen-bond donors (Lipinski definition) is 2. The van der Waals surface area contributed by atoms with Crippen molar-refractivity contribution in [1.29, 1.82) is 0 Å². The Morgan fingerprint density at radius 2 is 2.04 bits per heavy atom. The zero-order valence-corrected chi connectivity index (χ0v) is 16.0. The first-order valence-electron chi connectivity index (χ1n) is 10.2. The monoisotopic (exact) mass is 378 g/mol. The minimum atomic E-state index is -0.343. The number of carbonyl (C=O) groups excluding carboxylic acids is 1. The molecule has 0 radical (unpaired) electrons. The Kier molecular flexibility index (Phi) is 4.43. The van der Waals surface area contributed by atoms with Crippen molar-refractivity contribution in [2.75, 3.05) is 18.4 Å². The smallest absolute Gasteiger partial charge is 0.289 e. The molecule has 0 unspecified atom stereocenters. The Hall–Kier alpha value is -2.60. The molecule has 2 aliphatic heterocycles. The molecule has 1 aromatic heterocycles. The van der Waals surface area contributed by atoms with Gasteiger partial charge in [0, 0.05) is 25.3 Å². The molecule has 28 heavy (non-hydrogen) atoms. The number of likely N-dealkylation sites (tertiary alicyclic amines) is 1. The lowest BCUT2D eigenvalue weighted by atomic mass is 9.96. The summed E-state index contributed by atoms with van der Waals surface area (Å²) < 4.78 is 5.34. The van der Waals surface area contributed by atoms with E-state index in [4.69, 9.17) is 9.41 Å². The van der Waals surface area contributed by atoms with E-state index in [9.17, 15) is 4.79 Å². The maximum absolute atomic E-state index is 12.8. The second kappa shape index (κ2) is 7.09. The first-order chi connectivity index (χ1) is 13.7. The van der Waals surface area contributed by atoms with Crippen molar-refractivity contribution in [1.82, 2.24) is 10.2 Å². The van der Waals surface area contributed by atoms with Gasteiger partial charge in [0.05, 0.1) is 17.8 Å². The van der Waals surface area contributed by atoms with Crippen LogP contribution < -0.4 is 10.6 Å². The second-order valence-corrected chi connectivity index (χ2v) is 8.09. The van der Waals surface area contributed by atoms with Crippen LogP contribution in [0, 0.1) is 0 Å². The number of anilines is 1. The summed E-state index contributed by atoms with van der Waals surface area (Å²) in [5.74, 6) is 1.33. The van der Waals surface area contributed by atoms with Crippen molar-refractivity contribution >= 4 is 17.4 Å². The van der Waals surface area contributed by atoms with E-state index in [2.05, 4.69) is 34.9 Å². The highest BCUT2D eigenvalue weighted by molar-refractivity contribution is 6.05. The van der Waals surface area contributed by atoms with Gasteiger partial charge in [-0.1, -0.05) is 31.0 Å². The van der Waals surface area contributed by atoms with E-state index in [1.54, 1.807) is 18.4 Å². The van der Waals surface area contributed by atoms with Crippen LogP contribution in [0.4, 0.5) is 5.69 Å². The molecule has 146 valence electrons. The van der Waals surface area contributed by atoms with Crippen LogP contribution in [-0.4, -0.2) is 41.3 Å². The van der Waals surface area contributed by atoms with Crippen LogP contribution in [0.1, 0.15) is 48.2 Å². The summed E-state index contributed by atoms with van der Waals surface area (Å²) in [4.78, 5) is 19.9. The molecule has 6 heteroatoms. The van der Waals surface area contributed by atoms with E-state index in [1.807, 2.05) is 4.90 Å². The van der Waals surface area contributed by atoms with Gasteiger partial charge in [-0.15, -0.1) is 0 Å². The van der Waals surface area contributed by atoms with Crippen LogP contribution in [0.5, 0.6) is 0 Å². The SMILES string of the molecule is O=C(c1ccco1)N1CC[C@]2(C1)NCc1ccccc1NC2=NC1CCCC1. The average Bonchev–Trinajstić information content (AvgIpc) is 3.46. The first-order valence-corrected chi connectivity index (χ1v) is 10.2. The van der Waals surface area contributed by atoms with Crippen molar-refractivity contribution in [3.63, 3.8) is 0 Å². The summed E-state index contributed by atoms with van der Waals surface area (Å²) in [6.07, 6.45) is 7.19. The van der Waals surface area contributed by atoms with E-state index < -0.39 is 0 Å². The largest absolute Gasteiger partial charge is 0.459 e. The summed E-state index contributed by atoms with van der Waals surface area (Å²) in [6.45, 7) is 2.04. The summed E-state index contributed by atoms with van der Waals surface area (Å²) in [5, 5.41) is 7.39. The van der Waals surface area contributed by atoms with Gasteiger partial charge >= 0.3 is 0 Å². The van der Waals surface area contributed by atoms with E-state index in [0.717, 1.165) is 37.3 Å². The zero-order chi connectivity index (χ0) is 19.0. The molecule has 5 rings (SSSR count). The maximum Gasteiger partial charge on any atom is 0.289 e. The Labute approximate surface area is 165 Å². The Morgan fingerprint density at radius 1 is 1.18 bits per heavy atom. The summed E-state index contributed by atoms with van der Waals surface area (Å²) in [7, 11) is 0. The van der Waals surface area contributed by atoms with Gasteiger partial charge in [-0.3, -0.25) is 15.1 Å². The topological polar surface area (TPSA) is 69.9 Å². The zero-order valence-electron chi connectivity index (χ0n) is 16.0. The fraction of sp³-hybridized carbons (Fsp3) is 0.455. The van der Waals surface area contributed by atoms with Gasteiger partial charge in [-0.25, -0.2) is 0 Å². The predicted octanol–water partition coefficient (Wildman–Crippen LogP) is 3.42. The molecule has 1 saturated heterocycles. The van der Waals surface area contributed by atoms with Gasteiger partial charge in [-0.05, 0) is 43.0 Å². The third-order valence-electron chi connectivity index (χ3n) is 6.27. The van der Waals surface area contributed by atoms with Gasteiger partial charge in [0.2, 0.25) is 0 Å². The number of fused-ring (bicyclic) bond motifs is 1. The molecule has 1 saturated carbocycles. The van der Waals surface area contributed by atoms with Crippen molar-refractivity contribution < 1.29 is 9.21 Å². The second-order valence-electron chi connectivity index (χ2n) is 8.09. The van der Waals surface area contributed by atoms with Crippen LogP contribution in [0.15, 0.2) is 52.1 Å². The van der Waals surface area contributed by atoms with Crippen LogP contribution in [0.25, 0.3) is 0 Å². The lowest BCUT2D eigenvalue weighted by Crippen LogP contribution is -2.55. The quantitative estimate of drug-likeness (QED) is 0.840. The van der Waals surface area contributed by atoms with Gasteiger partial charge in [-0.2, -0.15) is 0 Å². The number of hydrogen-bond acceptors (Lipinski definition) is 4. The van der Waals surface area contributed by atoms with E-state index >= 15 is 0 Å². The standard InChI is InChI=1S/C22H26N4O2/c27-20(19-10-5-13-28-19)26-12-11-22(15-26)21(24-17-7-2-3-8-17)25-18-9-4-1-6-16(18)14-23-22/h1,4-6,9-10,13,17,23H,2-3,7-8,11-12,14-15H2,(H,24,25)/t22-/m1/s1. The number of amidine groups is 1. The fourth-order valence-electron chi connectivity index (χ4n) is 4.64. The van der Waals surface area contributed by atoms with Gasteiger partial charge < -0.3 is 14.6 Å². The Bertz CT molecular complexity index is 886. The molecule has 0 bridgehead atoms. The van der Waals surface area contributed by atoms with Crippen molar-refractivity contribution in [3.8, 4) is 0 Å². The minimum absolute atomic E-state index is 0.0503. The fourth-order valence-corrected chi connectivity index (χ4v) is 4.64. The molecule has 2 N–H and O–H groups in total. The molecule has 1 spiro atoms. The predicted molar refractivity (Wildman–Crippen MR) is 109 cm³/mol. The number of nitrogens with one attached hydrogen (secondary N) is 2. The number of benzene rings is 1. The highest BCUT2D eigenvalue weighted by atomic mass is 16.3. The average molecular weight is 378 g/mol. The molecule has 1 aromatic carbocycles. The van der Waals surface area contributed by atoms with Crippen LogP contribution in [0.2, 0.25) is 0 Å². The Balaban J connectivity index is 1.47. The van der Waals surface area contributed by atoms with Crippen molar-refractivity contribution in [2.24, 2.45) is 4.99 Å². The Morgan fingerprint density at radius 3 is 2.86 bits per heavy atom. The summed E-state index contributed by atoms with van der Waals surface area (Å²) >= 11 is 0. The van der Waals surface area contributed by atoms with Crippen LogP contribution in [-0.2, 0) is 6.54 Å². The van der Waals surface area contributed by atoms with Gasteiger partial charge in [0.25, 0.3) is 5.91 Å². The molecule has 3 heterocycles. The molecule has 2 fully saturated rings. The lowest BCUT2D eigenvalue weighted by molar-refractivity contribution is 0.0754. The van der Waals surface area contributed by atoms with Crippen molar-refractivity contribution in [3.05, 3.63) is 54.0 Å². The number of aliphatic imine (C=N–C) groups is 1. The summed E-state index contributed by atoms with van der Waals surface area (Å²) in [6, 6.07) is 12.2. The number of rotatable bonds is 2. The number of amides is 1. The minimum Gasteiger partial charge on any atom is -0.459 e. The van der Waals surface area contributed by atoms with Crippen LogP contribution in [0.3, 0.4) is 0 Å². The maximum atomic E-state index is 12.8. The van der Waals surface area contributed by atoms with E-state index in [-0.39, 0.29) is 11.4 Å². The van der Waals surface area contributed by atoms with Crippen molar-refractivity contribution in [2.45, 2.75) is 50.2 Å². The molecular weight excluding hydrogens is 352 g/mol. The van der Waals surface area contributed by atoms with Crippen LogP contribution >= 0.6 is 0 Å². The first kappa shape index (κ1) is 17.5. The normalized spacial score (nSPS) is 26.4. The third-order valence-corrected chi connectivity index (χ3v) is 6.27. The molecule has 6 nitrogen and oxygen atoms in total. The number of nitrogens with zero attached hydrogens (tertiary/aromatic N) is 2. The number of para-hydroxylation sites is 1.